The van der Waals surface area contributed by atoms with Crippen LogP contribution in [0.2, 0.25) is 0 Å². The molecule has 1 aliphatic rings. The molecular formula is C26H39NO4. The second-order valence-corrected chi connectivity index (χ2v) is 9.23. The number of esters is 1. The molecule has 1 rings (SSSR count). The fourth-order valence-electron chi connectivity index (χ4n) is 3.62. The molecule has 1 aliphatic heterocycles. The fourth-order valence-corrected chi connectivity index (χ4v) is 3.62. The van der Waals surface area contributed by atoms with Gasteiger partial charge in [0.05, 0.1) is 6.04 Å². The van der Waals surface area contributed by atoms with Gasteiger partial charge in [0.25, 0.3) is 0 Å². The Morgan fingerprint density at radius 3 is 2.48 bits per heavy atom. The molecule has 5 nitrogen and oxygen atoms in total. The van der Waals surface area contributed by atoms with E-state index in [0.717, 1.165) is 31.3 Å². The van der Waals surface area contributed by atoms with Gasteiger partial charge in [0.15, 0.2) is 5.60 Å². The molecule has 31 heavy (non-hydrogen) atoms. The van der Waals surface area contributed by atoms with E-state index < -0.39 is 29.3 Å². The lowest BCUT2D eigenvalue weighted by Gasteiger charge is -2.39. The number of hydrogen-bond acceptors (Lipinski definition) is 4. The van der Waals surface area contributed by atoms with E-state index in [1.807, 2.05) is 40.7 Å². The topological polar surface area (TPSA) is 55.8 Å². The van der Waals surface area contributed by atoms with Crippen LogP contribution < -0.4 is 0 Å². The summed E-state index contributed by atoms with van der Waals surface area (Å²) in [7, 11) is 0. The van der Waals surface area contributed by atoms with E-state index in [0.29, 0.717) is 25.8 Å². The number of amides is 1. The Balaban J connectivity index is 3.09. The first-order valence-corrected chi connectivity index (χ1v) is 11.2. The number of allylic oxidation sites excluding steroid dienone is 4. The summed E-state index contributed by atoms with van der Waals surface area (Å²) in [5.74, 6) is 2.27. The Kier molecular flexibility index (Phi) is 10.6. The van der Waals surface area contributed by atoms with Crippen molar-refractivity contribution in [1.29, 1.82) is 0 Å². The number of likely N-dealkylation sites (tertiary alicyclic amines) is 1. The van der Waals surface area contributed by atoms with Crippen LogP contribution in [-0.4, -0.2) is 40.8 Å². The zero-order valence-electron chi connectivity index (χ0n) is 19.9. The summed E-state index contributed by atoms with van der Waals surface area (Å²) in [4.78, 5) is 27.1. The highest BCUT2D eigenvalue weighted by Crippen LogP contribution is 2.35. The predicted molar refractivity (Wildman–Crippen MR) is 125 cm³/mol. The molecule has 1 amide bonds. The molecule has 0 saturated carbocycles. The molecule has 172 valence electrons. The maximum absolute atomic E-state index is 12.8. The molecule has 0 aromatic carbocycles. The van der Waals surface area contributed by atoms with Crippen LogP contribution in [0.3, 0.4) is 0 Å². The van der Waals surface area contributed by atoms with Crippen molar-refractivity contribution >= 4 is 12.1 Å². The number of terminal acetylenes is 1. The smallest absolute Gasteiger partial charge is 0.410 e. The lowest BCUT2D eigenvalue weighted by atomic mass is 9.87. The molecule has 1 fully saturated rings. The quantitative estimate of drug-likeness (QED) is 0.141. The normalized spacial score (nSPS) is 18.2. The number of hydrogen-bond donors (Lipinski definition) is 0. The Bertz CT molecular complexity index is 719. The second kappa shape index (κ2) is 12.4. The standard InChI is InChI=1S/C26H39NO4/c1-8-10-11-12-13-18-23(28)30-26(9-2,19-14-16-21(3)4)22-17-15-20-27(22)24(29)31-25(5,6)7/h2,8,13,16,18,22H,1,10-12,14-15,17,19-20H2,3-7H3/b18-13+/t22-,26?/m1/s1. The lowest BCUT2D eigenvalue weighted by molar-refractivity contribution is -0.153. The minimum Gasteiger partial charge on any atom is -0.444 e. The van der Waals surface area contributed by atoms with Gasteiger partial charge in [-0.3, -0.25) is 0 Å². The number of ether oxygens (including phenoxy) is 2. The van der Waals surface area contributed by atoms with Crippen molar-refractivity contribution in [3.8, 4) is 12.3 Å². The number of carbonyl (C=O) groups excluding carboxylic acids is 2. The van der Waals surface area contributed by atoms with Crippen molar-refractivity contribution in [3.63, 3.8) is 0 Å². The van der Waals surface area contributed by atoms with Crippen LogP contribution in [0.25, 0.3) is 0 Å². The van der Waals surface area contributed by atoms with Crippen LogP contribution in [0.15, 0.2) is 36.5 Å². The Morgan fingerprint density at radius 2 is 1.90 bits per heavy atom. The summed E-state index contributed by atoms with van der Waals surface area (Å²) in [6, 6.07) is -0.420. The number of unbranched alkanes of at least 4 members (excludes halogenated alkanes) is 2. The minimum absolute atomic E-state index is 0.420. The van der Waals surface area contributed by atoms with Gasteiger partial charge in [-0.1, -0.05) is 29.7 Å². The third kappa shape index (κ3) is 9.04. The van der Waals surface area contributed by atoms with Crippen LogP contribution in [0, 0.1) is 12.3 Å². The van der Waals surface area contributed by atoms with Crippen LogP contribution in [0.1, 0.15) is 79.6 Å². The monoisotopic (exact) mass is 429 g/mol. The van der Waals surface area contributed by atoms with Gasteiger partial charge in [0, 0.05) is 19.0 Å². The van der Waals surface area contributed by atoms with Crippen LogP contribution >= 0.6 is 0 Å². The zero-order chi connectivity index (χ0) is 23.5. The first kappa shape index (κ1) is 26.6. The Hall–Kier alpha value is -2.48. The van der Waals surface area contributed by atoms with Gasteiger partial charge < -0.3 is 14.4 Å². The van der Waals surface area contributed by atoms with E-state index in [-0.39, 0.29) is 0 Å². The maximum Gasteiger partial charge on any atom is 0.410 e. The van der Waals surface area contributed by atoms with Gasteiger partial charge >= 0.3 is 12.1 Å². The highest BCUT2D eigenvalue weighted by molar-refractivity contribution is 5.82. The largest absolute Gasteiger partial charge is 0.444 e. The molecule has 5 heteroatoms. The molecule has 0 aromatic rings. The third-order valence-electron chi connectivity index (χ3n) is 5.05. The minimum atomic E-state index is -1.21. The fraction of sp³-hybridized carbons (Fsp3) is 0.615. The molecule has 0 N–H and O–H groups in total. The third-order valence-corrected chi connectivity index (χ3v) is 5.05. The first-order valence-electron chi connectivity index (χ1n) is 11.2. The van der Waals surface area contributed by atoms with Gasteiger partial charge in [0.2, 0.25) is 0 Å². The van der Waals surface area contributed by atoms with E-state index in [9.17, 15) is 9.59 Å². The number of nitrogens with zero attached hydrogens (tertiary/aromatic N) is 1. The summed E-state index contributed by atoms with van der Waals surface area (Å²) in [5, 5.41) is 0. The molecule has 0 aliphatic carbocycles. The van der Waals surface area contributed by atoms with Gasteiger partial charge in [-0.05, 0) is 73.1 Å². The molecule has 2 atom stereocenters. The molecule has 1 unspecified atom stereocenters. The summed E-state index contributed by atoms with van der Waals surface area (Å²) < 4.78 is 11.5. The van der Waals surface area contributed by atoms with Crippen LogP contribution in [-0.2, 0) is 14.3 Å². The molecule has 0 aromatic heterocycles. The summed E-state index contributed by atoms with van der Waals surface area (Å²) >= 11 is 0. The van der Waals surface area contributed by atoms with Gasteiger partial charge in [-0.25, -0.2) is 9.59 Å². The Morgan fingerprint density at radius 1 is 1.19 bits per heavy atom. The highest BCUT2D eigenvalue weighted by atomic mass is 16.6. The van der Waals surface area contributed by atoms with E-state index in [1.165, 1.54) is 6.08 Å². The summed E-state index contributed by atoms with van der Waals surface area (Å²) in [6.07, 6.45) is 17.8. The zero-order valence-corrected chi connectivity index (χ0v) is 19.9. The van der Waals surface area contributed by atoms with E-state index in [2.05, 4.69) is 18.6 Å². The molecule has 0 radical (unpaired) electrons. The summed E-state index contributed by atoms with van der Waals surface area (Å²) in [5.41, 5.74) is -0.660. The number of rotatable bonds is 10. The lowest BCUT2D eigenvalue weighted by Crippen LogP contribution is -2.54. The van der Waals surface area contributed by atoms with Crippen molar-refractivity contribution in [3.05, 3.63) is 36.5 Å². The van der Waals surface area contributed by atoms with Gasteiger partial charge in [-0.2, -0.15) is 0 Å². The van der Waals surface area contributed by atoms with E-state index >= 15 is 0 Å². The average Bonchev–Trinajstić information content (AvgIpc) is 3.16. The molecule has 1 heterocycles. The summed E-state index contributed by atoms with van der Waals surface area (Å²) in [6.45, 7) is 13.7. The highest BCUT2D eigenvalue weighted by Gasteiger charge is 2.48. The SMILES string of the molecule is C#CC(CCC=C(C)C)(OC(=O)/C=C/CCCC=C)[C@H]1CCCN1C(=O)OC(C)(C)C. The predicted octanol–water partition coefficient (Wildman–Crippen LogP) is 5.96. The van der Waals surface area contributed by atoms with Crippen molar-refractivity contribution in [2.24, 2.45) is 0 Å². The maximum atomic E-state index is 12.8. The van der Waals surface area contributed by atoms with E-state index in [4.69, 9.17) is 15.9 Å². The molecular weight excluding hydrogens is 390 g/mol. The van der Waals surface area contributed by atoms with Crippen molar-refractivity contribution in [2.45, 2.75) is 96.8 Å². The van der Waals surface area contributed by atoms with Gasteiger partial charge in [0.1, 0.15) is 5.60 Å². The second-order valence-electron chi connectivity index (χ2n) is 9.23. The van der Waals surface area contributed by atoms with Crippen molar-refractivity contribution in [2.75, 3.05) is 6.54 Å². The molecule has 1 saturated heterocycles. The van der Waals surface area contributed by atoms with Crippen molar-refractivity contribution < 1.29 is 19.1 Å². The average molecular weight is 430 g/mol. The molecule has 0 spiro atoms. The van der Waals surface area contributed by atoms with Crippen LogP contribution in [0.5, 0.6) is 0 Å². The Labute approximate surface area is 188 Å². The van der Waals surface area contributed by atoms with E-state index in [1.54, 1.807) is 11.0 Å². The van der Waals surface area contributed by atoms with Gasteiger partial charge in [-0.15, -0.1) is 13.0 Å². The molecule has 0 bridgehead atoms. The van der Waals surface area contributed by atoms with Crippen LogP contribution in [0.4, 0.5) is 4.79 Å². The van der Waals surface area contributed by atoms with Crippen molar-refractivity contribution in [1.82, 2.24) is 4.90 Å². The number of carbonyl (C=O) groups is 2. The first-order chi connectivity index (χ1) is 14.5.